The summed E-state index contributed by atoms with van der Waals surface area (Å²) in [6.45, 7) is 0. The smallest absolute Gasteiger partial charge is 0.251 e. The highest BCUT2D eigenvalue weighted by Crippen LogP contribution is 2.39. The highest BCUT2D eigenvalue weighted by atomic mass is 35.5. The summed E-state index contributed by atoms with van der Waals surface area (Å²) in [5, 5.41) is 3.96. The van der Waals surface area contributed by atoms with Crippen molar-refractivity contribution in [2.45, 2.75) is 18.9 Å². The van der Waals surface area contributed by atoms with E-state index >= 15 is 0 Å². The molecule has 0 spiro atoms. The predicted octanol–water partition coefficient (Wildman–Crippen LogP) is 3.69. The Morgan fingerprint density at radius 1 is 1.17 bits per heavy atom. The molecular formula is C14H13Cl2NO. The van der Waals surface area contributed by atoms with Gasteiger partial charge >= 0.3 is 0 Å². The van der Waals surface area contributed by atoms with E-state index in [2.05, 4.69) is 17.5 Å². The lowest BCUT2D eigenvalue weighted by atomic mass is 10.0. The second-order valence-electron chi connectivity index (χ2n) is 4.99. The molecule has 2 bridgehead atoms. The van der Waals surface area contributed by atoms with Crippen LogP contribution in [0, 0.1) is 11.8 Å². The summed E-state index contributed by atoms with van der Waals surface area (Å²) in [5.41, 5.74) is 0.566. The summed E-state index contributed by atoms with van der Waals surface area (Å²) in [5.74, 6) is 1.08. The molecule has 0 saturated heterocycles. The topological polar surface area (TPSA) is 29.1 Å². The van der Waals surface area contributed by atoms with Crippen LogP contribution < -0.4 is 5.32 Å². The van der Waals surface area contributed by atoms with Gasteiger partial charge in [0.25, 0.3) is 5.91 Å². The number of hydrogen-bond acceptors (Lipinski definition) is 1. The van der Waals surface area contributed by atoms with E-state index in [1.807, 2.05) is 0 Å². The molecular weight excluding hydrogens is 269 g/mol. The standard InChI is InChI=1S/C14H13Cl2NO/c15-11-4-3-10(7-12(11)16)14(18)17-13-6-8-1-2-9(13)5-8/h1-4,7-9,13H,5-6H2,(H,17,18). The van der Waals surface area contributed by atoms with E-state index in [1.165, 1.54) is 6.42 Å². The van der Waals surface area contributed by atoms with Gasteiger partial charge in [0.1, 0.15) is 0 Å². The number of hydrogen-bond donors (Lipinski definition) is 1. The number of benzene rings is 1. The van der Waals surface area contributed by atoms with Gasteiger partial charge in [-0.3, -0.25) is 4.79 Å². The Balaban J connectivity index is 1.71. The molecule has 1 fully saturated rings. The van der Waals surface area contributed by atoms with E-state index in [9.17, 15) is 4.79 Å². The van der Waals surface area contributed by atoms with Crippen molar-refractivity contribution >= 4 is 29.1 Å². The Bertz CT molecular complexity index is 527. The number of amides is 1. The molecule has 0 aliphatic heterocycles. The molecule has 1 amide bonds. The molecule has 1 N–H and O–H groups in total. The van der Waals surface area contributed by atoms with Crippen LogP contribution in [0.15, 0.2) is 30.4 Å². The maximum Gasteiger partial charge on any atom is 0.251 e. The van der Waals surface area contributed by atoms with Gasteiger partial charge < -0.3 is 5.32 Å². The van der Waals surface area contributed by atoms with Gasteiger partial charge in [0, 0.05) is 11.6 Å². The quantitative estimate of drug-likeness (QED) is 0.823. The molecule has 1 aromatic rings. The molecule has 0 heterocycles. The monoisotopic (exact) mass is 281 g/mol. The van der Waals surface area contributed by atoms with Crippen LogP contribution in [0.3, 0.4) is 0 Å². The van der Waals surface area contributed by atoms with Crippen molar-refractivity contribution < 1.29 is 4.79 Å². The van der Waals surface area contributed by atoms with E-state index in [4.69, 9.17) is 23.2 Å². The first-order valence-corrected chi connectivity index (χ1v) is 6.83. The fourth-order valence-corrected chi connectivity index (χ4v) is 3.13. The first kappa shape index (κ1) is 12.1. The third-order valence-electron chi connectivity index (χ3n) is 3.78. The fourth-order valence-electron chi connectivity index (χ4n) is 2.84. The van der Waals surface area contributed by atoms with Crippen LogP contribution in [0.1, 0.15) is 23.2 Å². The van der Waals surface area contributed by atoms with Crippen molar-refractivity contribution in [2.24, 2.45) is 11.8 Å². The third kappa shape index (κ3) is 2.15. The van der Waals surface area contributed by atoms with Gasteiger partial charge in [0.05, 0.1) is 10.0 Å². The summed E-state index contributed by atoms with van der Waals surface area (Å²) in [7, 11) is 0. The normalized spacial score (nSPS) is 28.7. The van der Waals surface area contributed by atoms with Crippen LogP contribution in [-0.2, 0) is 0 Å². The molecule has 18 heavy (non-hydrogen) atoms. The van der Waals surface area contributed by atoms with Crippen LogP contribution in [0.4, 0.5) is 0 Å². The SMILES string of the molecule is O=C(NC1CC2C=CC1C2)c1ccc(Cl)c(Cl)c1. The molecule has 1 saturated carbocycles. The number of carbonyl (C=O) groups is 1. The van der Waals surface area contributed by atoms with E-state index in [0.29, 0.717) is 27.4 Å². The van der Waals surface area contributed by atoms with Gasteiger partial charge in [-0.2, -0.15) is 0 Å². The van der Waals surface area contributed by atoms with Crippen molar-refractivity contribution in [3.8, 4) is 0 Å². The number of fused-ring (bicyclic) bond motifs is 2. The Morgan fingerprint density at radius 3 is 2.61 bits per heavy atom. The second-order valence-corrected chi connectivity index (χ2v) is 5.80. The fraction of sp³-hybridized carbons (Fsp3) is 0.357. The summed E-state index contributed by atoms with van der Waals surface area (Å²) >= 11 is 11.7. The van der Waals surface area contributed by atoms with Crippen LogP contribution in [0.25, 0.3) is 0 Å². The Morgan fingerprint density at radius 2 is 2.00 bits per heavy atom. The lowest BCUT2D eigenvalue weighted by Crippen LogP contribution is -2.37. The molecule has 1 aromatic carbocycles. The molecule has 94 valence electrons. The van der Waals surface area contributed by atoms with Crippen LogP contribution in [0.2, 0.25) is 10.0 Å². The van der Waals surface area contributed by atoms with E-state index < -0.39 is 0 Å². The van der Waals surface area contributed by atoms with Crippen LogP contribution >= 0.6 is 23.2 Å². The molecule has 2 aliphatic rings. The van der Waals surface area contributed by atoms with Gasteiger partial charge in [-0.05, 0) is 42.9 Å². The molecule has 4 heteroatoms. The van der Waals surface area contributed by atoms with Crippen molar-refractivity contribution in [1.82, 2.24) is 5.32 Å². The largest absolute Gasteiger partial charge is 0.349 e. The summed E-state index contributed by atoms with van der Waals surface area (Å²) in [4.78, 5) is 12.1. The van der Waals surface area contributed by atoms with Crippen molar-refractivity contribution in [3.63, 3.8) is 0 Å². The average Bonchev–Trinajstić information content (AvgIpc) is 2.94. The highest BCUT2D eigenvalue weighted by molar-refractivity contribution is 6.42. The minimum Gasteiger partial charge on any atom is -0.349 e. The van der Waals surface area contributed by atoms with Gasteiger partial charge in [-0.1, -0.05) is 35.4 Å². The number of allylic oxidation sites excluding steroid dienone is 1. The molecule has 0 aromatic heterocycles. The number of nitrogens with one attached hydrogen (secondary N) is 1. The van der Waals surface area contributed by atoms with E-state index in [-0.39, 0.29) is 11.9 Å². The zero-order valence-electron chi connectivity index (χ0n) is 9.70. The molecule has 3 atom stereocenters. The summed E-state index contributed by atoms with van der Waals surface area (Å²) in [6, 6.07) is 5.23. The minimum atomic E-state index is -0.0699. The molecule has 2 aliphatic carbocycles. The first-order chi connectivity index (χ1) is 8.63. The van der Waals surface area contributed by atoms with Gasteiger partial charge in [0.2, 0.25) is 0 Å². The zero-order valence-corrected chi connectivity index (χ0v) is 11.2. The van der Waals surface area contributed by atoms with Gasteiger partial charge in [-0.25, -0.2) is 0 Å². The number of halogens is 2. The predicted molar refractivity (Wildman–Crippen MR) is 73.1 cm³/mol. The maximum atomic E-state index is 12.1. The van der Waals surface area contributed by atoms with E-state index in [0.717, 1.165) is 6.42 Å². The maximum absolute atomic E-state index is 12.1. The summed E-state index contributed by atoms with van der Waals surface area (Å²) in [6.07, 6.45) is 6.70. The van der Waals surface area contributed by atoms with Crippen molar-refractivity contribution in [1.29, 1.82) is 0 Å². The van der Waals surface area contributed by atoms with Crippen LogP contribution in [0.5, 0.6) is 0 Å². The van der Waals surface area contributed by atoms with Gasteiger partial charge in [-0.15, -0.1) is 0 Å². The van der Waals surface area contributed by atoms with Crippen molar-refractivity contribution in [3.05, 3.63) is 46.0 Å². The number of carbonyl (C=O) groups excluding carboxylic acids is 1. The Hall–Kier alpha value is -0.990. The molecule has 0 radical (unpaired) electrons. The molecule has 2 nitrogen and oxygen atoms in total. The lowest BCUT2D eigenvalue weighted by Gasteiger charge is -2.19. The average molecular weight is 282 g/mol. The van der Waals surface area contributed by atoms with Gasteiger partial charge in [0.15, 0.2) is 0 Å². The number of rotatable bonds is 2. The Labute approximate surface area is 116 Å². The van der Waals surface area contributed by atoms with E-state index in [1.54, 1.807) is 18.2 Å². The Kier molecular flexibility index (Phi) is 3.08. The molecule has 3 rings (SSSR count). The lowest BCUT2D eigenvalue weighted by molar-refractivity contribution is 0.0931. The third-order valence-corrected chi connectivity index (χ3v) is 4.52. The highest BCUT2D eigenvalue weighted by Gasteiger charge is 2.36. The minimum absolute atomic E-state index is 0.0699. The second kappa shape index (κ2) is 4.60. The summed E-state index contributed by atoms with van der Waals surface area (Å²) < 4.78 is 0. The zero-order chi connectivity index (χ0) is 12.7. The first-order valence-electron chi connectivity index (χ1n) is 6.08. The molecule has 3 unspecified atom stereocenters. The van der Waals surface area contributed by atoms with Crippen LogP contribution in [-0.4, -0.2) is 11.9 Å². The van der Waals surface area contributed by atoms with Crippen molar-refractivity contribution in [2.75, 3.05) is 0 Å².